The third-order valence-electron chi connectivity index (χ3n) is 5.94. The lowest BCUT2D eigenvalue weighted by Gasteiger charge is -2.37. The molecule has 2 heterocycles. The molecular weight excluding hydrogens is 366 g/mol. The molecule has 5 nitrogen and oxygen atoms in total. The molecule has 2 aliphatic heterocycles. The van der Waals surface area contributed by atoms with Gasteiger partial charge in [0.25, 0.3) is 5.92 Å². The maximum absolute atomic E-state index is 13.3. The van der Waals surface area contributed by atoms with Gasteiger partial charge in [0.15, 0.2) is 0 Å². The van der Waals surface area contributed by atoms with Crippen LogP contribution in [0.4, 0.5) is 8.78 Å². The fraction of sp³-hybridized carbons (Fsp3) is 0.667. The average molecular weight is 396 g/mol. The van der Waals surface area contributed by atoms with Gasteiger partial charge in [0.2, 0.25) is 5.91 Å². The summed E-state index contributed by atoms with van der Waals surface area (Å²) in [5, 5.41) is 20.1. The number of benzene rings is 1. The number of carbonyl (C=O) groups is 1. The van der Waals surface area contributed by atoms with Gasteiger partial charge in [-0.05, 0) is 30.4 Å². The third-order valence-corrected chi connectivity index (χ3v) is 5.94. The summed E-state index contributed by atoms with van der Waals surface area (Å²) in [5.41, 5.74) is 0.784. The van der Waals surface area contributed by atoms with E-state index in [1.165, 1.54) is 0 Å². The fourth-order valence-corrected chi connectivity index (χ4v) is 4.09. The van der Waals surface area contributed by atoms with Crippen molar-refractivity contribution in [3.05, 3.63) is 35.4 Å². The number of aliphatic hydroxyl groups excluding tert-OH is 1. The molecule has 2 saturated heterocycles. The van der Waals surface area contributed by atoms with Crippen molar-refractivity contribution in [2.45, 2.75) is 56.7 Å². The van der Waals surface area contributed by atoms with Crippen molar-refractivity contribution in [1.29, 1.82) is 0 Å². The molecule has 1 aromatic carbocycles. The van der Waals surface area contributed by atoms with E-state index in [0.717, 1.165) is 11.1 Å². The highest BCUT2D eigenvalue weighted by Gasteiger charge is 2.38. The fourth-order valence-electron chi connectivity index (χ4n) is 4.09. The van der Waals surface area contributed by atoms with Gasteiger partial charge in [0, 0.05) is 45.6 Å². The Kier molecular flexibility index (Phi) is 6.68. The third kappa shape index (κ3) is 5.72. The van der Waals surface area contributed by atoms with Gasteiger partial charge in [-0.1, -0.05) is 24.3 Å². The van der Waals surface area contributed by atoms with Crippen molar-refractivity contribution >= 4 is 5.91 Å². The van der Waals surface area contributed by atoms with Crippen LogP contribution in [0.15, 0.2) is 24.3 Å². The molecule has 7 heteroatoms. The number of amides is 1. The first-order valence-electron chi connectivity index (χ1n) is 10.1. The summed E-state index contributed by atoms with van der Waals surface area (Å²) in [6.07, 6.45) is 1.75. The van der Waals surface area contributed by atoms with E-state index in [9.17, 15) is 18.7 Å². The molecule has 0 saturated carbocycles. The second-order valence-corrected chi connectivity index (χ2v) is 8.24. The van der Waals surface area contributed by atoms with E-state index in [1.54, 1.807) is 4.90 Å². The Morgan fingerprint density at radius 1 is 0.964 bits per heavy atom. The number of hydrogen-bond acceptors (Lipinski definition) is 4. The lowest BCUT2D eigenvalue weighted by atomic mass is 9.93. The van der Waals surface area contributed by atoms with Gasteiger partial charge >= 0.3 is 0 Å². The number of β-amino-alcohol motifs (C(OH)–C–C–N with tert-alkyl or cyclic N) is 1. The smallest absolute Gasteiger partial charge is 0.250 e. The van der Waals surface area contributed by atoms with Gasteiger partial charge in [-0.2, -0.15) is 0 Å². The van der Waals surface area contributed by atoms with E-state index in [1.807, 2.05) is 29.2 Å². The molecule has 1 amide bonds. The molecule has 3 rings (SSSR count). The van der Waals surface area contributed by atoms with E-state index in [2.05, 4.69) is 0 Å². The molecule has 28 heavy (non-hydrogen) atoms. The topological polar surface area (TPSA) is 64.0 Å². The zero-order valence-corrected chi connectivity index (χ0v) is 16.2. The SMILES string of the molecule is O=C(Cc1ccc(CO)cc1)N1CCC[C@@](O)(CN2CCC(F)(F)CC2)CC1. The summed E-state index contributed by atoms with van der Waals surface area (Å²) in [6.45, 7) is 2.08. The Morgan fingerprint density at radius 3 is 2.25 bits per heavy atom. The maximum Gasteiger partial charge on any atom is 0.250 e. The first-order valence-corrected chi connectivity index (χ1v) is 10.1. The molecule has 2 fully saturated rings. The lowest BCUT2D eigenvalue weighted by molar-refractivity contribution is -0.130. The summed E-state index contributed by atoms with van der Waals surface area (Å²) in [6, 6.07) is 7.32. The Balaban J connectivity index is 1.51. The molecule has 0 radical (unpaired) electrons. The Labute approximate surface area is 164 Å². The molecule has 156 valence electrons. The van der Waals surface area contributed by atoms with Gasteiger partial charge in [0.05, 0.1) is 18.6 Å². The van der Waals surface area contributed by atoms with Crippen molar-refractivity contribution in [3.63, 3.8) is 0 Å². The standard InChI is InChI=1S/C21H30F2N2O3/c22-21(23)8-11-24(12-9-21)16-20(28)6-1-10-25(13-7-20)19(27)14-17-2-4-18(15-26)5-3-17/h2-5,26,28H,1,6-16H2/t20-/m0/s1. The Morgan fingerprint density at radius 2 is 1.61 bits per heavy atom. The highest BCUT2D eigenvalue weighted by atomic mass is 19.3. The number of piperidine rings is 1. The summed E-state index contributed by atoms with van der Waals surface area (Å²) in [5.74, 6) is -2.56. The normalized spacial score (nSPS) is 26.1. The van der Waals surface area contributed by atoms with Gasteiger partial charge in [-0.3, -0.25) is 4.79 Å². The minimum absolute atomic E-state index is 0.0202. The van der Waals surface area contributed by atoms with Crippen LogP contribution in [0.1, 0.15) is 43.2 Å². The molecule has 1 atom stereocenters. The molecule has 1 aromatic rings. The van der Waals surface area contributed by atoms with Crippen LogP contribution in [0.2, 0.25) is 0 Å². The molecule has 2 aliphatic rings. The number of likely N-dealkylation sites (tertiary alicyclic amines) is 2. The lowest BCUT2D eigenvalue weighted by Crippen LogP contribution is -2.48. The Bertz CT molecular complexity index is 658. The van der Waals surface area contributed by atoms with Crippen LogP contribution >= 0.6 is 0 Å². The average Bonchev–Trinajstić information content (AvgIpc) is 2.86. The van der Waals surface area contributed by atoms with Crippen LogP contribution in [-0.2, 0) is 17.8 Å². The minimum Gasteiger partial charge on any atom is -0.392 e. The molecule has 0 bridgehead atoms. The van der Waals surface area contributed by atoms with E-state index >= 15 is 0 Å². The first kappa shape index (κ1) is 21.1. The van der Waals surface area contributed by atoms with Crippen molar-refractivity contribution < 1.29 is 23.8 Å². The quantitative estimate of drug-likeness (QED) is 0.801. The Hall–Kier alpha value is -1.57. The highest BCUT2D eigenvalue weighted by molar-refractivity contribution is 5.78. The van der Waals surface area contributed by atoms with Gasteiger partial charge in [-0.25, -0.2) is 8.78 Å². The zero-order valence-electron chi connectivity index (χ0n) is 16.2. The van der Waals surface area contributed by atoms with Gasteiger partial charge < -0.3 is 20.0 Å². The highest BCUT2D eigenvalue weighted by Crippen LogP contribution is 2.30. The summed E-state index contributed by atoms with van der Waals surface area (Å²) in [4.78, 5) is 16.4. The largest absolute Gasteiger partial charge is 0.392 e. The zero-order chi connectivity index (χ0) is 20.2. The van der Waals surface area contributed by atoms with Crippen LogP contribution in [0.5, 0.6) is 0 Å². The van der Waals surface area contributed by atoms with Crippen LogP contribution in [0.3, 0.4) is 0 Å². The van der Waals surface area contributed by atoms with Crippen molar-refractivity contribution in [3.8, 4) is 0 Å². The van der Waals surface area contributed by atoms with Gasteiger partial charge in [0.1, 0.15) is 0 Å². The van der Waals surface area contributed by atoms with Crippen LogP contribution < -0.4 is 0 Å². The van der Waals surface area contributed by atoms with Crippen molar-refractivity contribution in [1.82, 2.24) is 9.80 Å². The van der Waals surface area contributed by atoms with E-state index in [-0.39, 0.29) is 25.4 Å². The number of aliphatic hydroxyl groups is 2. The predicted octanol–water partition coefficient (Wildman–Crippen LogP) is 2.20. The van der Waals surface area contributed by atoms with Crippen LogP contribution in [0.25, 0.3) is 0 Å². The summed E-state index contributed by atoms with van der Waals surface area (Å²) >= 11 is 0. The molecular formula is C21H30F2N2O3. The molecule has 2 N–H and O–H groups in total. The maximum atomic E-state index is 13.3. The van der Waals surface area contributed by atoms with Crippen molar-refractivity contribution in [2.75, 3.05) is 32.7 Å². The summed E-state index contributed by atoms with van der Waals surface area (Å²) in [7, 11) is 0. The van der Waals surface area contributed by atoms with Gasteiger partial charge in [-0.15, -0.1) is 0 Å². The minimum atomic E-state index is -2.58. The number of carbonyl (C=O) groups excluding carboxylic acids is 1. The van der Waals surface area contributed by atoms with Crippen LogP contribution in [-0.4, -0.2) is 70.2 Å². The monoisotopic (exact) mass is 396 g/mol. The molecule has 0 spiro atoms. The number of alkyl halides is 2. The molecule has 0 aliphatic carbocycles. The predicted molar refractivity (Wildman–Crippen MR) is 102 cm³/mol. The van der Waals surface area contributed by atoms with Crippen LogP contribution in [0, 0.1) is 0 Å². The van der Waals surface area contributed by atoms with E-state index < -0.39 is 11.5 Å². The summed E-state index contributed by atoms with van der Waals surface area (Å²) < 4.78 is 26.7. The van der Waals surface area contributed by atoms with E-state index in [4.69, 9.17) is 5.11 Å². The number of halogens is 2. The first-order chi connectivity index (χ1) is 13.3. The number of hydrogen-bond donors (Lipinski definition) is 2. The van der Waals surface area contributed by atoms with Crippen molar-refractivity contribution in [2.24, 2.45) is 0 Å². The molecule has 0 unspecified atom stereocenters. The molecule has 0 aromatic heterocycles. The second kappa shape index (κ2) is 8.84. The van der Waals surface area contributed by atoms with E-state index in [0.29, 0.717) is 58.4 Å². The second-order valence-electron chi connectivity index (χ2n) is 8.24. The number of nitrogens with zero attached hydrogens (tertiary/aromatic N) is 2. The number of rotatable bonds is 5.